The molecular formula is C12H23N3O5S. The average Bonchev–Trinajstić information content (AvgIpc) is 2.79. The Balaban J connectivity index is 2.49. The molecule has 0 aromatic heterocycles. The Morgan fingerprint density at radius 1 is 1.33 bits per heavy atom. The van der Waals surface area contributed by atoms with Crippen LogP contribution in [0.2, 0.25) is 0 Å². The number of carbonyl (C=O) groups excluding carboxylic acids is 1. The zero-order valence-electron chi connectivity index (χ0n) is 12.5. The van der Waals surface area contributed by atoms with Crippen molar-refractivity contribution in [1.82, 2.24) is 14.9 Å². The number of carboxylic acid groups (broad SMARTS) is 1. The monoisotopic (exact) mass is 321 g/mol. The summed E-state index contributed by atoms with van der Waals surface area (Å²) in [5.74, 6) is -0.953. The molecule has 0 saturated carbocycles. The van der Waals surface area contributed by atoms with E-state index in [-0.39, 0.29) is 31.6 Å². The molecule has 0 radical (unpaired) electrons. The molecule has 1 atom stereocenters. The van der Waals surface area contributed by atoms with E-state index in [9.17, 15) is 23.1 Å². The van der Waals surface area contributed by atoms with E-state index in [1.54, 1.807) is 0 Å². The molecule has 1 unspecified atom stereocenters. The van der Waals surface area contributed by atoms with Crippen LogP contribution in [0, 0.1) is 11.3 Å². The van der Waals surface area contributed by atoms with E-state index in [1.807, 2.05) is 13.8 Å². The number of urea groups is 1. The summed E-state index contributed by atoms with van der Waals surface area (Å²) in [6.07, 6.45) is 1.47. The first-order valence-electron chi connectivity index (χ1n) is 6.79. The molecule has 21 heavy (non-hydrogen) atoms. The number of nitrogens with one attached hydrogen (secondary N) is 2. The highest BCUT2D eigenvalue weighted by atomic mass is 32.2. The van der Waals surface area contributed by atoms with Gasteiger partial charge in [-0.3, -0.25) is 4.79 Å². The van der Waals surface area contributed by atoms with Crippen LogP contribution in [0.4, 0.5) is 4.79 Å². The molecule has 0 aromatic carbocycles. The van der Waals surface area contributed by atoms with Crippen LogP contribution >= 0.6 is 0 Å². The van der Waals surface area contributed by atoms with Crippen molar-refractivity contribution in [3.05, 3.63) is 0 Å². The Bertz CT molecular complexity index is 505. The van der Waals surface area contributed by atoms with Gasteiger partial charge < -0.3 is 15.3 Å². The normalized spacial score (nSPS) is 22.6. The van der Waals surface area contributed by atoms with E-state index < -0.39 is 21.4 Å². The maximum absolute atomic E-state index is 11.9. The van der Waals surface area contributed by atoms with Gasteiger partial charge >= 0.3 is 12.0 Å². The van der Waals surface area contributed by atoms with E-state index in [0.29, 0.717) is 13.0 Å². The van der Waals surface area contributed by atoms with Gasteiger partial charge in [0, 0.05) is 26.2 Å². The quantitative estimate of drug-likeness (QED) is 0.580. The minimum atomic E-state index is -3.27. The molecular weight excluding hydrogens is 298 g/mol. The SMILES string of the molecule is CC(C)C1(C(=O)O)CCN(C(=O)NCCNS(C)(=O)=O)C1. The molecule has 8 nitrogen and oxygen atoms in total. The first-order chi connectivity index (χ1) is 9.58. The summed E-state index contributed by atoms with van der Waals surface area (Å²) >= 11 is 0. The minimum absolute atomic E-state index is 0.0697. The Labute approximate surface area is 124 Å². The number of nitrogens with zero attached hydrogens (tertiary/aromatic N) is 1. The van der Waals surface area contributed by atoms with Crippen LogP contribution in [0.1, 0.15) is 20.3 Å². The van der Waals surface area contributed by atoms with Gasteiger partial charge in [-0.05, 0) is 12.3 Å². The molecule has 2 amide bonds. The van der Waals surface area contributed by atoms with Crippen LogP contribution in [0.15, 0.2) is 0 Å². The Morgan fingerprint density at radius 3 is 2.38 bits per heavy atom. The fourth-order valence-corrected chi connectivity index (χ4v) is 2.89. The molecule has 3 N–H and O–H groups in total. The van der Waals surface area contributed by atoms with Gasteiger partial charge in [0.05, 0.1) is 11.7 Å². The second kappa shape index (κ2) is 6.61. The number of hydrogen-bond donors (Lipinski definition) is 3. The van der Waals surface area contributed by atoms with Gasteiger partial charge in [-0.25, -0.2) is 17.9 Å². The highest BCUT2D eigenvalue weighted by Gasteiger charge is 2.48. The first-order valence-corrected chi connectivity index (χ1v) is 8.68. The third-order valence-corrected chi connectivity index (χ3v) is 4.61. The number of rotatable bonds is 6. The summed E-state index contributed by atoms with van der Waals surface area (Å²) in [6, 6.07) is -0.367. The molecule has 1 saturated heterocycles. The van der Waals surface area contributed by atoms with Crippen molar-refractivity contribution in [3.63, 3.8) is 0 Å². The zero-order valence-corrected chi connectivity index (χ0v) is 13.4. The summed E-state index contributed by atoms with van der Waals surface area (Å²) in [5, 5.41) is 12.0. The summed E-state index contributed by atoms with van der Waals surface area (Å²) in [6.45, 7) is 4.50. The lowest BCUT2D eigenvalue weighted by atomic mass is 9.76. The third kappa shape index (κ3) is 4.57. The van der Waals surface area contributed by atoms with E-state index in [1.165, 1.54) is 4.90 Å². The maximum atomic E-state index is 11.9. The van der Waals surface area contributed by atoms with E-state index >= 15 is 0 Å². The van der Waals surface area contributed by atoms with Gasteiger partial charge in [0.25, 0.3) is 0 Å². The number of carbonyl (C=O) groups is 2. The lowest BCUT2D eigenvalue weighted by molar-refractivity contribution is -0.150. The molecule has 122 valence electrons. The van der Waals surface area contributed by atoms with E-state index in [0.717, 1.165) is 6.26 Å². The van der Waals surface area contributed by atoms with Crippen LogP contribution in [-0.4, -0.2) is 62.9 Å². The molecule has 0 spiro atoms. The van der Waals surface area contributed by atoms with Crippen molar-refractivity contribution in [2.45, 2.75) is 20.3 Å². The number of amides is 2. The molecule has 1 aliphatic rings. The molecule has 1 rings (SSSR count). The van der Waals surface area contributed by atoms with Crippen molar-refractivity contribution < 1.29 is 23.1 Å². The predicted octanol–water partition coefficient (Wildman–Crippen LogP) is -0.322. The summed E-state index contributed by atoms with van der Waals surface area (Å²) in [4.78, 5) is 24.9. The Kier molecular flexibility index (Phi) is 5.57. The topological polar surface area (TPSA) is 116 Å². The minimum Gasteiger partial charge on any atom is -0.481 e. The van der Waals surface area contributed by atoms with Gasteiger partial charge in [0.1, 0.15) is 0 Å². The summed E-state index contributed by atoms with van der Waals surface area (Å²) in [5.41, 5.74) is -0.900. The van der Waals surface area contributed by atoms with Crippen molar-refractivity contribution >= 4 is 22.0 Å². The smallest absolute Gasteiger partial charge is 0.317 e. The van der Waals surface area contributed by atoms with Crippen molar-refractivity contribution in [1.29, 1.82) is 0 Å². The molecule has 0 bridgehead atoms. The predicted molar refractivity (Wildman–Crippen MR) is 77.3 cm³/mol. The van der Waals surface area contributed by atoms with Gasteiger partial charge in [0.15, 0.2) is 0 Å². The van der Waals surface area contributed by atoms with Crippen LogP contribution in [0.5, 0.6) is 0 Å². The van der Waals surface area contributed by atoms with Gasteiger partial charge in [-0.1, -0.05) is 13.8 Å². The van der Waals surface area contributed by atoms with Crippen molar-refractivity contribution in [2.24, 2.45) is 11.3 Å². The largest absolute Gasteiger partial charge is 0.481 e. The van der Waals surface area contributed by atoms with Gasteiger partial charge in [-0.15, -0.1) is 0 Å². The second-order valence-electron chi connectivity index (χ2n) is 5.69. The first kappa shape index (κ1) is 17.7. The lowest BCUT2D eigenvalue weighted by Gasteiger charge is -2.28. The average molecular weight is 321 g/mol. The summed E-state index contributed by atoms with van der Waals surface area (Å²) in [7, 11) is -3.27. The fourth-order valence-electron chi connectivity index (χ4n) is 2.42. The third-order valence-electron chi connectivity index (χ3n) is 3.88. The number of carboxylic acids is 1. The number of aliphatic carboxylic acids is 1. The van der Waals surface area contributed by atoms with Crippen molar-refractivity contribution in [2.75, 3.05) is 32.4 Å². The second-order valence-corrected chi connectivity index (χ2v) is 7.52. The van der Waals surface area contributed by atoms with Gasteiger partial charge in [0.2, 0.25) is 10.0 Å². The van der Waals surface area contributed by atoms with Crippen molar-refractivity contribution in [3.8, 4) is 0 Å². The lowest BCUT2D eigenvalue weighted by Crippen LogP contribution is -2.45. The molecule has 9 heteroatoms. The molecule has 0 aromatic rings. The number of hydrogen-bond acceptors (Lipinski definition) is 4. The highest BCUT2D eigenvalue weighted by molar-refractivity contribution is 7.88. The molecule has 1 heterocycles. The van der Waals surface area contributed by atoms with Crippen LogP contribution in [-0.2, 0) is 14.8 Å². The molecule has 0 aliphatic carbocycles. The van der Waals surface area contributed by atoms with E-state index in [2.05, 4.69) is 10.0 Å². The van der Waals surface area contributed by atoms with E-state index in [4.69, 9.17) is 0 Å². The number of sulfonamides is 1. The fraction of sp³-hybridized carbons (Fsp3) is 0.833. The summed E-state index contributed by atoms with van der Waals surface area (Å²) < 4.78 is 24.0. The zero-order chi connectivity index (χ0) is 16.3. The maximum Gasteiger partial charge on any atom is 0.317 e. The Hall–Kier alpha value is -1.35. The van der Waals surface area contributed by atoms with Gasteiger partial charge in [-0.2, -0.15) is 0 Å². The van der Waals surface area contributed by atoms with Crippen LogP contribution in [0.3, 0.4) is 0 Å². The molecule has 1 fully saturated rings. The number of likely N-dealkylation sites (tertiary alicyclic amines) is 1. The standard InChI is InChI=1S/C12H23N3O5S/c1-9(2)12(10(16)17)4-7-15(8-12)11(18)13-5-6-14-21(3,19)20/h9,14H,4-8H2,1-3H3,(H,13,18)(H,16,17). The van der Waals surface area contributed by atoms with Crippen LogP contribution in [0.25, 0.3) is 0 Å². The Morgan fingerprint density at radius 2 is 1.95 bits per heavy atom. The highest BCUT2D eigenvalue weighted by Crippen LogP contribution is 2.38. The van der Waals surface area contributed by atoms with Crippen LogP contribution < -0.4 is 10.0 Å². The molecule has 1 aliphatic heterocycles.